The smallest absolute Gasteiger partial charge is 0.266 e. The fourth-order valence-electron chi connectivity index (χ4n) is 3.24. The minimum atomic E-state index is -0.169. The van der Waals surface area contributed by atoms with Crippen LogP contribution in [0.25, 0.3) is 16.6 Å². The molecule has 4 aromatic rings. The van der Waals surface area contributed by atoms with Crippen molar-refractivity contribution in [1.82, 2.24) is 9.55 Å². The Morgan fingerprint density at radius 1 is 0.935 bits per heavy atom. The number of hydrogen-bond acceptors (Lipinski definition) is 6. The van der Waals surface area contributed by atoms with Crippen LogP contribution in [0.1, 0.15) is 10.4 Å². The van der Waals surface area contributed by atoms with E-state index in [1.807, 2.05) is 42.5 Å². The highest BCUT2D eigenvalue weighted by Gasteiger charge is 2.16. The summed E-state index contributed by atoms with van der Waals surface area (Å²) in [6.07, 6.45) is 0. The third kappa shape index (κ3) is 4.18. The van der Waals surface area contributed by atoms with Crippen molar-refractivity contribution in [2.45, 2.75) is 5.16 Å². The average Bonchev–Trinajstić information content (AvgIpc) is 2.82. The molecule has 1 heterocycles. The maximum atomic E-state index is 13.2. The van der Waals surface area contributed by atoms with Crippen LogP contribution in [-0.4, -0.2) is 35.3 Å². The van der Waals surface area contributed by atoms with E-state index in [9.17, 15) is 9.59 Å². The van der Waals surface area contributed by atoms with Gasteiger partial charge in [-0.25, -0.2) is 4.98 Å². The molecular weight excluding hydrogens is 412 g/mol. The first kappa shape index (κ1) is 20.7. The Balaban J connectivity index is 1.70. The van der Waals surface area contributed by atoms with Gasteiger partial charge in [-0.1, -0.05) is 42.1 Å². The lowest BCUT2D eigenvalue weighted by Gasteiger charge is -2.13. The van der Waals surface area contributed by atoms with Gasteiger partial charge in [0, 0.05) is 5.56 Å². The van der Waals surface area contributed by atoms with Gasteiger partial charge >= 0.3 is 0 Å². The number of carbonyl (C=O) groups is 1. The molecular formula is C24H20N2O4S. The average molecular weight is 433 g/mol. The number of carbonyl (C=O) groups excluding carboxylic acids is 1. The number of rotatable bonds is 7. The molecule has 4 rings (SSSR count). The third-order valence-electron chi connectivity index (χ3n) is 4.80. The van der Waals surface area contributed by atoms with Crippen LogP contribution in [0.2, 0.25) is 0 Å². The summed E-state index contributed by atoms with van der Waals surface area (Å²) in [7, 11) is 3.07. The Morgan fingerprint density at radius 3 is 2.39 bits per heavy atom. The monoisotopic (exact) mass is 432 g/mol. The topological polar surface area (TPSA) is 70.4 Å². The summed E-state index contributed by atoms with van der Waals surface area (Å²) in [5.74, 6) is 1.06. The highest BCUT2D eigenvalue weighted by Crippen LogP contribution is 2.29. The van der Waals surface area contributed by atoms with Gasteiger partial charge in [-0.15, -0.1) is 0 Å². The number of ether oxygens (including phenoxy) is 2. The standard InChI is InChI=1S/C24H20N2O4S/c1-29-21-13-12-16(14-22(21)30-2)20(27)15-31-24-25-19-11-7-6-10-18(19)23(28)26(24)17-8-4-3-5-9-17/h3-14H,15H2,1-2H3. The van der Waals surface area contributed by atoms with Crippen molar-refractivity contribution in [2.75, 3.05) is 20.0 Å². The predicted molar refractivity (Wildman–Crippen MR) is 122 cm³/mol. The predicted octanol–water partition coefficient (Wildman–Crippen LogP) is 4.38. The molecule has 0 unspecified atom stereocenters. The molecule has 0 spiro atoms. The zero-order chi connectivity index (χ0) is 21.8. The molecule has 156 valence electrons. The zero-order valence-corrected chi connectivity index (χ0v) is 17.9. The van der Waals surface area contributed by atoms with Crippen LogP contribution >= 0.6 is 11.8 Å². The number of aromatic nitrogens is 2. The largest absolute Gasteiger partial charge is 0.493 e. The molecule has 0 aliphatic heterocycles. The SMILES string of the molecule is COc1ccc(C(=O)CSc2nc3ccccc3c(=O)n2-c2ccccc2)cc1OC. The molecule has 0 bridgehead atoms. The van der Waals surface area contributed by atoms with Crippen molar-refractivity contribution in [3.8, 4) is 17.2 Å². The molecule has 0 saturated carbocycles. The minimum absolute atomic E-state index is 0.104. The molecule has 0 aliphatic rings. The van der Waals surface area contributed by atoms with Gasteiger partial charge in [-0.05, 0) is 42.5 Å². The highest BCUT2D eigenvalue weighted by molar-refractivity contribution is 7.99. The summed E-state index contributed by atoms with van der Waals surface area (Å²) in [6.45, 7) is 0. The number of ketones is 1. The lowest BCUT2D eigenvalue weighted by molar-refractivity contribution is 0.102. The van der Waals surface area contributed by atoms with E-state index in [1.165, 1.54) is 18.9 Å². The zero-order valence-electron chi connectivity index (χ0n) is 17.1. The quantitative estimate of drug-likeness (QED) is 0.245. The molecule has 0 fully saturated rings. The third-order valence-corrected chi connectivity index (χ3v) is 5.74. The first-order chi connectivity index (χ1) is 15.1. The number of nitrogens with zero attached hydrogens (tertiary/aromatic N) is 2. The van der Waals surface area contributed by atoms with Gasteiger partial charge in [0.15, 0.2) is 22.4 Å². The van der Waals surface area contributed by atoms with Gasteiger partial charge < -0.3 is 9.47 Å². The maximum absolute atomic E-state index is 13.2. The van der Waals surface area contributed by atoms with E-state index in [2.05, 4.69) is 4.98 Å². The van der Waals surface area contributed by atoms with Gasteiger partial charge in [0.05, 0.1) is 36.6 Å². The molecule has 0 aliphatic carbocycles. The number of methoxy groups -OCH3 is 2. The minimum Gasteiger partial charge on any atom is -0.493 e. The van der Waals surface area contributed by atoms with Crippen molar-refractivity contribution in [3.05, 3.63) is 88.7 Å². The van der Waals surface area contributed by atoms with Crippen LogP contribution in [-0.2, 0) is 0 Å². The van der Waals surface area contributed by atoms with Crippen LogP contribution in [0.4, 0.5) is 0 Å². The molecule has 0 amide bonds. The van der Waals surface area contributed by atoms with E-state index in [-0.39, 0.29) is 17.1 Å². The van der Waals surface area contributed by atoms with E-state index in [0.717, 1.165) is 0 Å². The van der Waals surface area contributed by atoms with Crippen LogP contribution in [0.3, 0.4) is 0 Å². The molecule has 0 radical (unpaired) electrons. The fraction of sp³-hybridized carbons (Fsp3) is 0.125. The molecule has 0 N–H and O–H groups in total. The van der Waals surface area contributed by atoms with E-state index in [0.29, 0.717) is 38.8 Å². The number of hydrogen-bond donors (Lipinski definition) is 0. The fourth-order valence-corrected chi connectivity index (χ4v) is 4.14. The van der Waals surface area contributed by atoms with Crippen LogP contribution in [0.5, 0.6) is 11.5 Å². The molecule has 3 aromatic carbocycles. The maximum Gasteiger partial charge on any atom is 0.266 e. The van der Waals surface area contributed by atoms with Crippen LogP contribution in [0.15, 0.2) is 82.7 Å². The molecule has 0 atom stereocenters. The van der Waals surface area contributed by atoms with Gasteiger partial charge in [0.1, 0.15) is 0 Å². The van der Waals surface area contributed by atoms with Crippen molar-refractivity contribution >= 4 is 28.4 Å². The number of para-hydroxylation sites is 2. The van der Waals surface area contributed by atoms with E-state index in [4.69, 9.17) is 9.47 Å². The molecule has 6 nitrogen and oxygen atoms in total. The van der Waals surface area contributed by atoms with Crippen LogP contribution < -0.4 is 15.0 Å². The molecule has 31 heavy (non-hydrogen) atoms. The summed E-state index contributed by atoms with van der Waals surface area (Å²) >= 11 is 1.23. The summed E-state index contributed by atoms with van der Waals surface area (Å²) < 4.78 is 12.1. The summed E-state index contributed by atoms with van der Waals surface area (Å²) in [5.41, 5.74) is 1.63. The van der Waals surface area contributed by atoms with Crippen LogP contribution in [0, 0.1) is 0 Å². The number of Topliss-reactive ketones (excluding diaryl/α,β-unsaturated/α-hetero) is 1. The van der Waals surface area contributed by atoms with Crippen molar-refractivity contribution in [3.63, 3.8) is 0 Å². The second-order valence-electron chi connectivity index (χ2n) is 6.67. The second-order valence-corrected chi connectivity index (χ2v) is 7.61. The summed E-state index contributed by atoms with van der Waals surface area (Å²) in [5, 5.41) is 0.991. The highest BCUT2D eigenvalue weighted by atomic mass is 32.2. The second kappa shape index (κ2) is 9.06. The van der Waals surface area contributed by atoms with Gasteiger partial charge in [0.2, 0.25) is 0 Å². The number of fused-ring (bicyclic) bond motifs is 1. The number of thioether (sulfide) groups is 1. The molecule has 7 heteroatoms. The molecule has 0 saturated heterocycles. The van der Waals surface area contributed by atoms with Crippen molar-refractivity contribution < 1.29 is 14.3 Å². The lowest BCUT2D eigenvalue weighted by Crippen LogP contribution is -2.22. The Labute approximate surface area is 183 Å². The molecule has 1 aromatic heterocycles. The first-order valence-corrected chi connectivity index (χ1v) is 10.6. The summed E-state index contributed by atoms with van der Waals surface area (Å²) in [6, 6.07) is 21.6. The lowest BCUT2D eigenvalue weighted by atomic mass is 10.1. The van der Waals surface area contributed by atoms with Gasteiger partial charge in [0.25, 0.3) is 5.56 Å². The van der Waals surface area contributed by atoms with E-state index in [1.54, 1.807) is 42.0 Å². The Bertz CT molecular complexity index is 1300. The van der Waals surface area contributed by atoms with Crippen molar-refractivity contribution in [1.29, 1.82) is 0 Å². The summed E-state index contributed by atoms with van der Waals surface area (Å²) in [4.78, 5) is 30.7. The van der Waals surface area contributed by atoms with Gasteiger partial charge in [-0.3, -0.25) is 14.2 Å². The Morgan fingerprint density at radius 2 is 1.65 bits per heavy atom. The van der Waals surface area contributed by atoms with E-state index < -0.39 is 0 Å². The van der Waals surface area contributed by atoms with E-state index >= 15 is 0 Å². The Hall–Kier alpha value is -3.58. The first-order valence-electron chi connectivity index (χ1n) is 9.57. The number of benzene rings is 3. The van der Waals surface area contributed by atoms with Gasteiger partial charge in [-0.2, -0.15) is 0 Å². The van der Waals surface area contributed by atoms with Crippen molar-refractivity contribution in [2.24, 2.45) is 0 Å². The Kier molecular flexibility index (Phi) is 6.04. The normalized spacial score (nSPS) is 10.8.